The number of esters is 1. The molecule has 1 aliphatic rings. The van der Waals surface area contributed by atoms with Crippen molar-refractivity contribution in [2.24, 2.45) is 4.99 Å². The van der Waals surface area contributed by atoms with Gasteiger partial charge in [-0.15, -0.1) is 0 Å². The molecule has 31 heavy (non-hydrogen) atoms. The van der Waals surface area contributed by atoms with Gasteiger partial charge < -0.3 is 14.2 Å². The number of benzene rings is 3. The summed E-state index contributed by atoms with van der Waals surface area (Å²) in [5.74, 6) is 0.572. The highest BCUT2D eigenvalue weighted by Crippen LogP contribution is 2.31. The molecule has 1 heterocycles. The summed E-state index contributed by atoms with van der Waals surface area (Å²) in [6.45, 7) is 2.60. The fraction of sp³-hybridized carbons (Fsp3) is 0.120. The van der Waals surface area contributed by atoms with Crippen LogP contribution in [0.5, 0.6) is 11.5 Å². The fourth-order valence-electron chi connectivity index (χ4n) is 3.01. The molecule has 0 saturated carbocycles. The first-order chi connectivity index (χ1) is 15.1. The molecular weight excluding hydrogens is 397 g/mol. The molecule has 3 aromatic carbocycles. The Labute approximate surface area is 179 Å². The minimum Gasteiger partial charge on any atom is -0.490 e. The molecule has 6 heteroatoms. The van der Waals surface area contributed by atoms with E-state index in [9.17, 15) is 9.18 Å². The molecule has 4 rings (SSSR count). The van der Waals surface area contributed by atoms with Gasteiger partial charge in [0.05, 0.1) is 6.61 Å². The highest BCUT2D eigenvalue weighted by atomic mass is 19.1. The summed E-state index contributed by atoms with van der Waals surface area (Å²) >= 11 is 0. The molecule has 5 nitrogen and oxygen atoms in total. The molecule has 3 aromatic rings. The second-order valence-electron chi connectivity index (χ2n) is 6.76. The molecular formula is C25H20FNO4. The number of carbonyl (C=O) groups excluding carboxylic acids is 1. The molecule has 0 N–H and O–H groups in total. The second kappa shape index (κ2) is 9.26. The fourth-order valence-corrected chi connectivity index (χ4v) is 3.01. The third-order valence-corrected chi connectivity index (χ3v) is 4.52. The molecule has 0 aromatic heterocycles. The average Bonchev–Trinajstić information content (AvgIpc) is 3.15. The second-order valence-corrected chi connectivity index (χ2v) is 6.76. The van der Waals surface area contributed by atoms with Crippen LogP contribution in [0.3, 0.4) is 0 Å². The van der Waals surface area contributed by atoms with E-state index in [0.717, 1.165) is 16.7 Å². The minimum absolute atomic E-state index is 0.210. The van der Waals surface area contributed by atoms with Gasteiger partial charge in [0.25, 0.3) is 0 Å². The van der Waals surface area contributed by atoms with Crippen molar-refractivity contribution in [3.63, 3.8) is 0 Å². The number of cyclic esters (lactones) is 1. The van der Waals surface area contributed by atoms with Crippen LogP contribution in [0, 0.1) is 5.82 Å². The van der Waals surface area contributed by atoms with E-state index >= 15 is 0 Å². The van der Waals surface area contributed by atoms with Crippen molar-refractivity contribution in [3.05, 3.63) is 101 Å². The molecule has 0 spiro atoms. The number of rotatable bonds is 7. The van der Waals surface area contributed by atoms with Crippen molar-refractivity contribution in [3.8, 4) is 11.5 Å². The molecule has 0 saturated heterocycles. The number of hydrogen-bond acceptors (Lipinski definition) is 5. The zero-order valence-corrected chi connectivity index (χ0v) is 16.9. The highest BCUT2D eigenvalue weighted by molar-refractivity contribution is 6.12. The topological polar surface area (TPSA) is 57.1 Å². The predicted octanol–water partition coefficient (Wildman–Crippen LogP) is 5.15. The molecule has 0 amide bonds. The Morgan fingerprint density at radius 2 is 1.74 bits per heavy atom. The number of carbonyl (C=O) groups is 1. The zero-order chi connectivity index (χ0) is 21.6. The maximum Gasteiger partial charge on any atom is 0.363 e. The van der Waals surface area contributed by atoms with Gasteiger partial charge in [-0.1, -0.05) is 36.4 Å². The van der Waals surface area contributed by atoms with E-state index in [-0.39, 0.29) is 24.0 Å². The maximum atomic E-state index is 13.1. The first-order valence-electron chi connectivity index (χ1n) is 9.84. The highest BCUT2D eigenvalue weighted by Gasteiger charge is 2.24. The van der Waals surface area contributed by atoms with Crippen LogP contribution in [0.15, 0.2) is 83.5 Å². The van der Waals surface area contributed by atoms with Gasteiger partial charge in [0.2, 0.25) is 5.90 Å². The van der Waals surface area contributed by atoms with Crippen molar-refractivity contribution in [2.75, 3.05) is 6.61 Å². The quantitative estimate of drug-likeness (QED) is 0.394. The molecule has 0 aliphatic carbocycles. The molecule has 0 bridgehead atoms. The average molecular weight is 417 g/mol. The smallest absolute Gasteiger partial charge is 0.363 e. The lowest BCUT2D eigenvalue weighted by molar-refractivity contribution is -0.129. The molecule has 156 valence electrons. The van der Waals surface area contributed by atoms with Gasteiger partial charge in [-0.2, -0.15) is 0 Å². The Morgan fingerprint density at radius 3 is 2.48 bits per heavy atom. The van der Waals surface area contributed by atoms with Crippen LogP contribution in [-0.4, -0.2) is 18.5 Å². The number of hydrogen-bond donors (Lipinski definition) is 0. The van der Waals surface area contributed by atoms with Crippen LogP contribution in [0.2, 0.25) is 0 Å². The van der Waals surface area contributed by atoms with Crippen LogP contribution in [0.4, 0.5) is 4.39 Å². The van der Waals surface area contributed by atoms with E-state index < -0.39 is 5.97 Å². The van der Waals surface area contributed by atoms with Crippen molar-refractivity contribution in [1.29, 1.82) is 0 Å². The first-order valence-corrected chi connectivity index (χ1v) is 9.84. The van der Waals surface area contributed by atoms with Crippen LogP contribution in [0.25, 0.3) is 6.08 Å². The van der Waals surface area contributed by atoms with E-state index in [1.54, 1.807) is 36.4 Å². The van der Waals surface area contributed by atoms with Gasteiger partial charge in [0.1, 0.15) is 12.4 Å². The number of ether oxygens (including phenoxy) is 3. The van der Waals surface area contributed by atoms with Crippen molar-refractivity contribution < 1.29 is 23.4 Å². The SMILES string of the molecule is CCOc1cc(/C=C2\N=C(c3ccccc3)OC2=O)ccc1OCc1ccc(F)cc1. The van der Waals surface area contributed by atoms with Gasteiger partial charge in [-0.05, 0) is 60.5 Å². The Morgan fingerprint density at radius 1 is 0.968 bits per heavy atom. The van der Waals surface area contributed by atoms with Gasteiger partial charge in [0.15, 0.2) is 17.2 Å². The summed E-state index contributed by atoms with van der Waals surface area (Å²) in [5, 5.41) is 0. The third kappa shape index (κ3) is 4.98. The van der Waals surface area contributed by atoms with E-state index in [0.29, 0.717) is 18.1 Å². The van der Waals surface area contributed by atoms with E-state index in [2.05, 4.69) is 4.99 Å². The molecule has 0 fully saturated rings. The Bertz CT molecular complexity index is 1140. The summed E-state index contributed by atoms with van der Waals surface area (Å²) in [6.07, 6.45) is 1.64. The summed E-state index contributed by atoms with van der Waals surface area (Å²) in [5.41, 5.74) is 2.51. The number of nitrogens with zero attached hydrogens (tertiary/aromatic N) is 1. The molecule has 1 aliphatic heterocycles. The van der Waals surface area contributed by atoms with Crippen LogP contribution >= 0.6 is 0 Å². The number of halogens is 1. The van der Waals surface area contributed by atoms with E-state index in [4.69, 9.17) is 14.2 Å². The van der Waals surface area contributed by atoms with Crippen molar-refractivity contribution in [2.45, 2.75) is 13.5 Å². The lowest BCUT2D eigenvalue weighted by Crippen LogP contribution is -2.05. The first kappa shape index (κ1) is 20.3. The Balaban J connectivity index is 1.55. The Kier molecular flexibility index (Phi) is 6.08. The lowest BCUT2D eigenvalue weighted by Gasteiger charge is -2.13. The van der Waals surface area contributed by atoms with Gasteiger partial charge in [-0.3, -0.25) is 0 Å². The van der Waals surface area contributed by atoms with Crippen molar-refractivity contribution >= 4 is 17.9 Å². The molecule has 0 atom stereocenters. The van der Waals surface area contributed by atoms with Gasteiger partial charge in [0, 0.05) is 5.56 Å². The minimum atomic E-state index is -0.506. The van der Waals surface area contributed by atoms with Gasteiger partial charge in [-0.25, -0.2) is 14.2 Å². The third-order valence-electron chi connectivity index (χ3n) is 4.52. The number of aliphatic imine (C=N–C) groups is 1. The normalized spacial score (nSPS) is 14.3. The predicted molar refractivity (Wildman–Crippen MR) is 115 cm³/mol. The lowest BCUT2D eigenvalue weighted by atomic mass is 10.1. The largest absolute Gasteiger partial charge is 0.490 e. The molecule has 0 radical (unpaired) electrons. The standard InChI is InChI=1S/C25H20FNO4/c1-2-29-23-15-18(10-13-22(23)30-16-17-8-11-20(26)12-9-17)14-21-25(28)31-24(27-21)19-6-4-3-5-7-19/h3-15H,2,16H2,1H3/b21-14-. The summed E-state index contributed by atoms with van der Waals surface area (Å²) in [6, 6.07) is 20.7. The van der Waals surface area contributed by atoms with Crippen LogP contribution in [-0.2, 0) is 16.1 Å². The summed E-state index contributed by atoms with van der Waals surface area (Å²) < 4.78 is 29.9. The Hall–Kier alpha value is -3.93. The van der Waals surface area contributed by atoms with E-state index in [1.807, 2.05) is 37.3 Å². The molecule has 0 unspecified atom stereocenters. The maximum absolute atomic E-state index is 13.1. The van der Waals surface area contributed by atoms with E-state index in [1.165, 1.54) is 12.1 Å². The summed E-state index contributed by atoms with van der Waals surface area (Å²) in [7, 11) is 0. The summed E-state index contributed by atoms with van der Waals surface area (Å²) in [4.78, 5) is 16.6. The van der Waals surface area contributed by atoms with Crippen LogP contribution < -0.4 is 9.47 Å². The van der Waals surface area contributed by atoms with Crippen LogP contribution in [0.1, 0.15) is 23.6 Å². The zero-order valence-electron chi connectivity index (χ0n) is 16.9. The monoisotopic (exact) mass is 417 g/mol. The van der Waals surface area contributed by atoms with Gasteiger partial charge >= 0.3 is 5.97 Å². The van der Waals surface area contributed by atoms with Crippen molar-refractivity contribution in [1.82, 2.24) is 0 Å².